The molecule has 4 rings (SSSR count). The van der Waals surface area contributed by atoms with Crippen LogP contribution >= 0.6 is 0 Å². The molecule has 6 heteroatoms. The number of rotatable bonds is 4. The van der Waals surface area contributed by atoms with Crippen molar-refractivity contribution < 1.29 is 9.21 Å². The standard InChI is InChI=1S/C21H28N4O2/c1-13(2)11-15-17(21(15,3)4)19(26)24-7-9-25(10-8-24)20-16(12-22)23-18(27-20)14-5-6-14/h11,14-15,17H,5-10H2,1-4H3. The molecule has 144 valence electrons. The molecule has 1 saturated heterocycles. The summed E-state index contributed by atoms with van der Waals surface area (Å²) in [6.45, 7) is 11.2. The van der Waals surface area contributed by atoms with E-state index in [1.54, 1.807) is 0 Å². The molecular formula is C21H28N4O2. The van der Waals surface area contributed by atoms with Crippen molar-refractivity contribution in [1.82, 2.24) is 9.88 Å². The summed E-state index contributed by atoms with van der Waals surface area (Å²) in [5.74, 6) is 2.36. The molecule has 0 bridgehead atoms. The van der Waals surface area contributed by atoms with Crippen molar-refractivity contribution in [2.24, 2.45) is 17.3 Å². The Hall–Kier alpha value is -2.29. The highest BCUT2D eigenvalue weighted by Gasteiger charge is 2.61. The first-order chi connectivity index (χ1) is 12.8. The van der Waals surface area contributed by atoms with Gasteiger partial charge < -0.3 is 14.2 Å². The summed E-state index contributed by atoms with van der Waals surface area (Å²) < 4.78 is 5.90. The maximum Gasteiger partial charge on any atom is 0.234 e. The van der Waals surface area contributed by atoms with Crippen molar-refractivity contribution in [2.75, 3.05) is 31.1 Å². The van der Waals surface area contributed by atoms with Gasteiger partial charge in [0, 0.05) is 32.1 Å². The quantitative estimate of drug-likeness (QED) is 0.762. The zero-order chi connectivity index (χ0) is 19.3. The predicted molar refractivity (Wildman–Crippen MR) is 102 cm³/mol. The molecule has 3 aliphatic rings. The Morgan fingerprint density at radius 2 is 1.93 bits per heavy atom. The number of nitrogens with zero attached hydrogens (tertiary/aromatic N) is 4. The van der Waals surface area contributed by atoms with Gasteiger partial charge >= 0.3 is 0 Å². The maximum absolute atomic E-state index is 13.0. The second kappa shape index (κ2) is 6.40. The minimum atomic E-state index is 0.0452. The van der Waals surface area contributed by atoms with Crippen LogP contribution < -0.4 is 4.90 Å². The molecule has 0 spiro atoms. The van der Waals surface area contributed by atoms with Crippen LogP contribution in [-0.4, -0.2) is 42.0 Å². The highest BCUT2D eigenvalue weighted by molar-refractivity contribution is 5.84. The summed E-state index contributed by atoms with van der Waals surface area (Å²) in [5.41, 5.74) is 1.70. The van der Waals surface area contributed by atoms with E-state index in [1.165, 1.54) is 5.57 Å². The fourth-order valence-electron chi connectivity index (χ4n) is 4.27. The van der Waals surface area contributed by atoms with Crippen LogP contribution in [0.15, 0.2) is 16.1 Å². The molecular weight excluding hydrogens is 340 g/mol. The average molecular weight is 368 g/mol. The number of piperazine rings is 1. The van der Waals surface area contributed by atoms with Gasteiger partial charge in [-0.15, -0.1) is 0 Å². The van der Waals surface area contributed by atoms with Crippen LogP contribution in [-0.2, 0) is 4.79 Å². The molecule has 0 radical (unpaired) electrons. The second-order valence-corrected chi connectivity index (χ2v) is 8.97. The fourth-order valence-corrected chi connectivity index (χ4v) is 4.27. The Balaban J connectivity index is 1.40. The topological polar surface area (TPSA) is 73.4 Å². The van der Waals surface area contributed by atoms with Gasteiger partial charge in [-0.3, -0.25) is 4.79 Å². The lowest BCUT2D eigenvalue weighted by Crippen LogP contribution is -2.49. The number of aromatic nitrogens is 1. The van der Waals surface area contributed by atoms with E-state index >= 15 is 0 Å². The maximum atomic E-state index is 13.0. The molecule has 2 heterocycles. The third-order valence-electron chi connectivity index (χ3n) is 6.23. The Labute approximate surface area is 160 Å². The third kappa shape index (κ3) is 3.24. The molecule has 1 aromatic heterocycles. The Bertz CT molecular complexity index is 816. The minimum Gasteiger partial charge on any atom is -0.423 e. The van der Waals surface area contributed by atoms with Crippen molar-refractivity contribution in [3.05, 3.63) is 23.2 Å². The van der Waals surface area contributed by atoms with Crippen molar-refractivity contribution in [3.8, 4) is 6.07 Å². The molecule has 27 heavy (non-hydrogen) atoms. The van der Waals surface area contributed by atoms with Crippen LogP contribution in [0, 0.1) is 28.6 Å². The first-order valence-electron chi connectivity index (χ1n) is 9.92. The largest absolute Gasteiger partial charge is 0.423 e. The van der Waals surface area contributed by atoms with E-state index in [2.05, 4.69) is 49.7 Å². The van der Waals surface area contributed by atoms with Gasteiger partial charge in [0.1, 0.15) is 6.07 Å². The van der Waals surface area contributed by atoms with Gasteiger partial charge in [-0.25, -0.2) is 4.98 Å². The highest BCUT2D eigenvalue weighted by atomic mass is 16.4. The number of carbonyl (C=O) groups excluding carboxylic acids is 1. The highest BCUT2D eigenvalue weighted by Crippen LogP contribution is 2.60. The number of carbonyl (C=O) groups is 1. The summed E-state index contributed by atoms with van der Waals surface area (Å²) in [6, 6.07) is 2.16. The number of hydrogen-bond donors (Lipinski definition) is 0. The van der Waals surface area contributed by atoms with Crippen molar-refractivity contribution >= 4 is 11.8 Å². The Morgan fingerprint density at radius 3 is 2.48 bits per heavy atom. The zero-order valence-electron chi connectivity index (χ0n) is 16.7. The Kier molecular flexibility index (Phi) is 4.29. The lowest BCUT2D eigenvalue weighted by atomic mass is 10.1. The number of amides is 1. The van der Waals surface area contributed by atoms with E-state index < -0.39 is 0 Å². The average Bonchev–Trinajstić information content (AvgIpc) is 3.51. The molecule has 1 aliphatic heterocycles. The van der Waals surface area contributed by atoms with Crippen LogP contribution in [0.4, 0.5) is 5.88 Å². The summed E-state index contributed by atoms with van der Waals surface area (Å²) >= 11 is 0. The van der Waals surface area contributed by atoms with Gasteiger partial charge in [-0.2, -0.15) is 5.26 Å². The monoisotopic (exact) mass is 368 g/mol. The summed E-state index contributed by atoms with van der Waals surface area (Å²) in [4.78, 5) is 21.4. The van der Waals surface area contributed by atoms with E-state index in [0.717, 1.165) is 12.8 Å². The predicted octanol–water partition coefficient (Wildman–Crippen LogP) is 3.31. The number of oxazole rings is 1. The molecule has 6 nitrogen and oxygen atoms in total. The lowest BCUT2D eigenvalue weighted by Gasteiger charge is -2.35. The van der Waals surface area contributed by atoms with Gasteiger partial charge in [0.15, 0.2) is 0 Å². The van der Waals surface area contributed by atoms with Gasteiger partial charge in [0.05, 0.1) is 5.92 Å². The summed E-state index contributed by atoms with van der Waals surface area (Å²) in [5, 5.41) is 9.38. The SMILES string of the molecule is CC(C)=CC1C(C(=O)N2CCN(c3oc(C4CC4)nc3C#N)CC2)C1(C)C. The summed E-state index contributed by atoms with van der Waals surface area (Å²) in [6.07, 6.45) is 4.43. The van der Waals surface area contributed by atoms with Gasteiger partial charge in [-0.05, 0) is 38.0 Å². The smallest absolute Gasteiger partial charge is 0.234 e. The molecule has 0 N–H and O–H groups in total. The normalized spacial score (nSPS) is 26.5. The van der Waals surface area contributed by atoms with Crippen molar-refractivity contribution in [1.29, 1.82) is 5.26 Å². The number of hydrogen-bond acceptors (Lipinski definition) is 5. The first kappa shape index (κ1) is 18.1. The van der Waals surface area contributed by atoms with Crippen LogP contribution in [0.25, 0.3) is 0 Å². The van der Waals surface area contributed by atoms with Gasteiger partial charge in [-0.1, -0.05) is 25.5 Å². The molecule has 2 saturated carbocycles. The van der Waals surface area contributed by atoms with E-state index in [0.29, 0.717) is 55.5 Å². The molecule has 1 aromatic rings. The number of nitriles is 1. The van der Waals surface area contributed by atoms with E-state index in [9.17, 15) is 10.1 Å². The number of anilines is 1. The van der Waals surface area contributed by atoms with Gasteiger partial charge in [0.2, 0.25) is 23.4 Å². The van der Waals surface area contributed by atoms with Gasteiger partial charge in [0.25, 0.3) is 0 Å². The van der Waals surface area contributed by atoms with E-state index in [-0.39, 0.29) is 17.2 Å². The van der Waals surface area contributed by atoms with Crippen molar-refractivity contribution in [3.63, 3.8) is 0 Å². The third-order valence-corrected chi connectivity index (χ3v) is 6.23. The number of allylic oxidation sites excluding steroid dienone is 2. The molecule has 2 aliphatic carbocycles. The minimum absolute atomic E-state index is 0.0452. The van der Waals surface area contributed by atoms with Crippen LogP contribution in [0.2, 0.25) is 0 Å². The van der Waals surface area contributed by atoms with E-state index in [4.69, 9.17) is 4.42 Å². The first-order valence-corrected chi connectivity index (χ1v) is 9.92. The second-order valence-electron chi connectivity index (χ2n) is 8.97. The molecule has 2 unspecified atom stereocenters. The molecule has 3 fully saturated rings. The molecule has 1 amide bonds. The van der Waals surface area contributed by atoms with Crippen LogP contribution in [0.3, 0.4) is 0 Å². The van der Waals surface area contributed by atoms with Crippen LogP contribution in [0.5, 0.6) is 0 Å². The lowest BCUT2D eigenvalue weighted by molar-refractivity contribution is -0.133. The van der Waals surface area contributed by atoms with Crippen LogP contribution in [0.1, 0.15) is 58.0 Å². The Morgan fingerprint density at radius 1 is 1.26 bits per heavy atom. The molecule has 2 atom stereocenters. The fraction of sp³-hybridized carbons (Fsp3) is 0.667. The van der Waals surface area contributed by atoms with E-state index in [1.807, 2.05) is 4.90 Å². The molecule has 0 aromatic carbocycles. The summed E-state index contributed by atoms with van der Waals surface area (Å²) in [7, 11) is 0. The van der Waals surface area contributed by atoms with Crippen molar-refractivity contribution in [2.45, 2.75) is 46.5 Å². The zero-order valence-corrected chi connectivity index (χ0v) is 16.7.